The van der Waals surface area contributed by atoms with Gasteiger partial charge in [-0.3, -0.25) is 4.79 Å². The van der Waals surface area contributed by atoms with Crippen molar-refractivity contribution < 1.29 is 17.6 Å². The zero-order valence-corrected chi connectivity index (χ0v) is 14.2. The summed E-state index contributed by atoms with van der Waals surface area (Å²) < 4.78 is 38.7. The van der Waals surface area contributed by atoms with E-state index in [9.17, 15) is 17.6 Å². The first-order chi connectivity index (χ1) is 10.9. The molecule has 23 heavy (non-hydrogen) atoms. The molecule has 0 bridgehead atoms. The molecule has 1 saturated heterocycles. The topological polar surface area (TPSA) is 57.7 Å². The summed E-state index contributed by atoms with van der Waals surface area (Å²) in [7, 11) is -3.60. The highest BCUT2D eigenvalue weighted by atomic mass is 32.2. The number of hydrogen-bond donors (Lipinski definition) is 0. The molecule has 1 aliphatic rings. The summed E-state index contributed by atoms with van der Waals surface area (Å²) in [6.45, 7) is 0.949. The number of halogens is 1. The number of rotatable bonds is 5. The van der Waals surface area contributed by atoms with Gasteiger partial charge in [0.25, 0.3) is 0 Å². The highest BCUT2D eigenvalue weighted by molar-refractivity contribution is 7.88. The van der Waals surface area contributed by atoms with Crippen LogP contribution in [0.2, 0.25) is 0 Å². The van der Waals surface area contributed by atoms with Crippen molar-refractivity contribution in [3.05, 3.63) is 35.6 Å². The minimum Gasteiger partial charge on any atom is -0.342 e. The van der Waals surface area contributed by atoms with E-state index in [2.05, 4.69) is 0 Å². The van der Waals surface area contributed by atoms with Crippen LogP contribution in [-0.2, 0) is 21.4 Å². The van der Waals surface area contributed by atoms with Crippen LogP contribution in [-0.4, -0.2) is 49.4 Å². The molecule has 1 aromatic carbocycles. The maximum absolute atomic E-state index is 13.8. The smallest absolute Gasteiger partial charge is 0.237 e. The monoisotopic (exact) mass is 342 g/mol. The van der Waals surface area contributed by atoms with E-state index in [1.807, 2.05) is 0 Å². The van der Waals surface area contributed by atoms with Gasteiger partial charge in [-0.25, -0.2) is 12.8 Å². The van der Waals surface area contributed by atoms with Gasteiger partial charge in [-0.2, -0.15) is 4.31 Å². The third kappa shape index (κ3) is 5.28. The molecule has 0 aromatic heterocycles. The molecule has 0 unspecified atom stereocenters. The molecule has 0 spiro atoms. The van der Waals surface area contributed by atoms with Gasteiger partial charge in [-0.05, 0) is 18.9 Å². The van der Waals surface area contributed by atoms with Crippen LogP contribution in [0.4, 0.5) is 4.39 Å². The third-order valence-corrected chi connectivity index (χ3v) is 5.24. The molecular weight excluding hydrogens is 319 g/mol. The molecule has 0 N–H and O–H groups in total. The van der Waals surface area contributed by atoms with Crippen LogP contribution in [0.25, 0.3) is 0 Å². The van der Waals surface area contributed by atoms with Crippen molar-refractivity contribution in [3.8, 4) is 0 Å². The summed E-state index contributed by atoms with van der Waals surface area (Å²) in [5.41, 5.74) is 0.265. The van der Waals surface area contributed by atoms with Gasteiger partial charge in [0.1, 0.15) is 5.82 Å². The summed E-state index contributed by atoms with van der Waals surface area (Å²) in [6, 6.07) is 6.01. The van der Waals surface area contributed by atoms with Crippen LogP contribution >= 0.6 is 0 Å². The van der Waals surface area contributed by atoms with Gasteiger partial charge in [-0.15, -0.1) is 0 Å². The highest BCUT2D eigenvalue weighted by Crippen LogP contribution is 2.14. The van der Waals surface area contributed by atoms with E-state index in [4.69, 9.17) is 0 Å². The van der Waals surface area contributed by atoms with E-state index in [0.29, 0.717) is 13.1 Å². The Labute approximate surface area is 137 Å². The second kappa shape index (κ2) is 7.88. The molecule has 1 aliphatic heterocycles. The predicted octanol–water partition coefficient (Wildman–Crippen LogP) is 1.99. The van der Waals surface area contributed by atoms with Crippen molar-refractivity contribution in [1.82, 2.24) is 9.21 Å². The van der Waals surface area contributed by atoms with Crippen LogP contribution in [0.3, 0.4) is 0 Å². The van der Waals surface area contributed by atoms with Gasteiger partial charge in [0.2, 0.25) is 15.9 Å². The first kappa shape index (κ1) is 17.9. The molecule has 5 nitrogen and oxygen atoms in total. The number of sulfonamides is 1. The Bertz CT molecular complexity index is 640. The molecule has 0 saturated carbocycles. The number of amides is 1. The lowest BCUT2D eigenvalue weighted by Gasteiger charge is -2.25. The number of carbonyl (C=O) groups is 1. The summed E-state index contributed by atoms with van der Waals surface area (Å²) in [5.74, 6) is -0.683. The number of carbonyl (C=O) groups excluding carboxylic acids is 1. The maximum atomic E-state index is 13.8. The summed E-state index contributed by atoms with van der Waals surface area (Å²) in [4.78, 5) is 14.1. The van der Waals surface area contributed by atoms with Gasteiger partial charge in [-0.1, -0.05) is 31.0 Å². The number of nitrogens with zero attached hydrogens (tertiary/aromatic N) is 2. The summed E-state index contributed by atoms with van der Waals surface area (Å²) in [6.07, 6.45) is 5.11. The molecular formula is C16H23FN2O3S. The van der Waals surface area contributed by atoms with Crippen LogP contribution in [0.1, 0.15) is 31.2 Å². The molecule has 7 heteroatoms. The minimum absolute atomic E-state index is 0.134. The molecule has 1 aromatic rings. The summed E-state index contributed by atoms with van der Waals surface area (Å²) in [5, 5.41) is 0. The van der Waals surface area contributed by atoms with Crippen molar-refractivity contribution in [2.75, 3.05) is 25.9 Å². The Balaban J connectivity index is 2.10. The lowest BCUT2D eigenvalue weighted by molar-refractivity contribution is -0.131. The predicted molar refractivity (Wildman–Crippen MR) is 86.7 cm³/mol. The fraction of sp³-hybridized carbons (Fsp3) is 0.562. The SMILES string of the molecule is CS(=O)(=O)N(CC(=O)N1CCCCCC1)Cc1ccccc1F. The number of hydrogen-bond acceptors (Lipinski definition) is 3. The van der Waals surface area contributed by atoms with E-state index < -0.39 is 15.8 Å². The molecule has 0 radical (unpaired) electrons. The van der Waals surface area contributed by atoms with Gasteiger partial charge in [0, 0.05) is 25.2 Å². The van der Waals surface area contributed by atoms with E-state index in [0.717, 1.165) is 36.2 Å². The molecule has 1 amide bonds. The van der Waals surface area contributed by atoms with E-state index >= 15 is 0 Å². The van der Waals surface area contributed by atoms with Crippen molar-refractivity contribution in [2.24, 2.45) is 0 Å². The number of likely N-dealkylation sites (tertiary alicyclic amines) is 1. The maximum Gasteiger partial charge on any atom is 0.237 e. The standard InChI is InChI=1S/C16H23FN2O3S/c1-23(21,22)19(12-14-8-4-5-9-15(14)17)13-16(20)18-10-6-2-3-7-11-18/h4-5,8-9H,2-3,6-7,10-13H2,1H3. The lowest BCUT2D eigenvalue weighted by Crippen LogP contribution is -2.42. The van der Waals surface area contributed by atoms with Crippen molar-refractivity contribution in [1.29, 1.82) is 0 Å². The Kier molecular flexibility index (Phi) is 6.12. The Morgan fingerprint density at radius 2 is 1.78 bits per heavy atom. The minimum atomic E-state index is -3.60. The average molecular weight is 342 g/mol. The van der Waals surface area contributed by atoms with Crippen molar-refractivity contribution in [2.45, 2.75) is 32.2 Å². The van der Waals surface area contributed by atoms with Crippen molar-refractivity contribution >= 4 is 15.9 Å². The highest BCUT2D eigenvalue weighted by Gasteiger charge is 2.25. The fourth-order valence-electron chi connectivity index (χ4n) is 2.68. The van der Waals surface area contributed by atoms with Gasteiger partial charge >= 0.3 is 0 Å². The average Bonchev–Trinajstić information content (AvgIpc) is 2.76. The van der Waals surface area contributed by atoms with Crippen LogP contribution in [0.5, 0.6) is 0 Å². The fourth-order valence-corrected chi connectivity index (χ4v) is 3.40. The molecule has 1 fully saturated rings. The second-order valence-electron chi connectivity index (χ2n) is 5.92. The molecule has 0 atom stereocenters. The van der Waals surface area contributed by atoms with Crippen molar-refractivity contribution in [3.63, 3.8) is 0 Å². The van der Waals surface area contributed by atoms with Gasteiger partial charge < -0.3 is 4.90 Å². The molecule has 0 aliphatic carbocycles. The van der Waals surface area contributed by atoms with E-state index in [1.165, 1.54) is 12.1 Å². The molecule has 1 heterocycles. The van der Waals surface area contributed by atoms with Crippen LogP contribution < -0.4 is 0 Å². The van der Waals surface area contributed by atoms with Crippen LogP contribution in [0.15, 0.2) is 24.3 Å². The Morgan fingerprint density at radius 1 is 1.17 bits per heavy atom. The zero-order valence-electron chi connectivity index (χ0n) is 13.4. The van der Waals surface area contributed by atoms with E-state index in [-0.39, 0.29) is 24.6 Å². The molecule has 2 rings (SSSR count). The van der Waals surface area contributed by atoms with Gasteiger partial charge in [0.15, 0.2) is 0 Å². The lowest BCUT2D eigenvalue weighted by atomic mass is 10.2. The first-order valence-corrected chi connectivity index (χ1v) is 9.69. The summed E-state index contributed by atoms with van der Waals surface area (Å²) >= 11 is 0. The Morgan fingerprint density at radius 3 is 2.35 bits per heavy atom. The third-order valence-electron chi connectivity index (χ3n) is 4.04. The van der Waals surface area contributed by atoms with E-state index in [1.54, 1.807) is 17.0 Å². The van der Waals surface area contributed by atoms with Crippen LogP contribution in [0, 0.1) is 5.82 Å². The first-order valence-electron chi connectivity index (χ1n) is 7.84. The number of benzene rings is 1. The Hall–Kier alpha value is -1.47. The zero-order chi connectivity index (χ0) is 16.9. The van der Waals surface area contributed by atoms with Gasteiger partial charge in [0.05, 0.1) is 12.8 Å². The molecule has 128 valence electrons. The second-order valence-corrected chi connectivity index (χ2v) is 7.90. The largest absolute Gasteiger partial charge is 0.342 e. The normalized spacial score (nSPS) is 16.4. The quantitative estimate of drug-likeness (QED) is 0.822.